The summed E-state index contributed by atoms with van der Waals surface area (Å²) in [5, 5.41) is 7.08. The number of aliphatic imine (C=N–C) groups is 1. The lowest BCUT2D eigenvalue weighted by molar-refractivity contribution is 0.141. The lowest BCUT2D eigenvalue weighted by Crippen LogP contribution is -2.47. The maximum absolute atomic E-state index is 5.72. The van der Waals surface area contributed by atoms with E-state index >= 15 is 0 Å². The van der Waals surface area contributed by atoms with Crippen molar-refractivity contribution in [2.24, 2.45) is 10.9 Å². The van der Waals surface area contributed by atoms with Crippen LogP contribution in [0.2, 0.25) is 0 Å². The van der Waals surface area contributed by atoms with Crippen LogP contribution in [-0.4, -0.2) is 68.1 Å². The lowest BCUT2D eigenvalue weighted by atomic mass is 9.97. The number of piperidine rings is 1. The minimum absolute atomic E-state index is 0.271. The zero-order chi connectivity index (χ0) is 19.1. The van der Waals surface area contributed by atoms with Crippen molar-refractivity contribution in [1.29, 1.82) is 0 Å². The van der Waals surface area contributed by atoms with Gasteiger partial charge in [-0.3, -0.25) is 9.89 Å². The van der Waals surface area contributed by atoms with Crippen LogP contribution < -0.4 is 10.6 Å². The van der Waals surface area contributed by atoms with Crippen molar-refractivity contribution in [2.45, 2.75) is 51.6 Å². The standard InChI is InChI=1S/C21H37N5O/c1-17(2)26-12-6-8-18(16-26)14-23-21(22-3)24-15-19(20-9-7-13-27-20)25-10-4-5-11-25/h7,9,13,17-19H,4-6,8,10-12,14-16H2,1-3H3,(H2,22,23,24). The van der Waals surface area contributed by atoms with E-state index in [4.69, 9.17) is 4.42 Å². The number of hydrogen-bond acceptors (Lipinski definition) is 4. The first-order valence-electron chi connectivity index (χ1n) is 10.6. The second-order valence-corrected chi connectivity index (χ2v) is 8.21. The molecule has 1 aromatic heterocycles. The molecule has 3 heterocycles. The predicted octanol–water partition coefficient (Wildman–Crippen LogP) is 2.70. The van der Waals surface area contributed by atoms with E-state index in [2.05, 4.69) is 45.3 Å². The van der Waals surface area contributed by atoms with Crippen molar-refractivity contribution in [1.82, 2.24) is 20.4 Å². The molecule has 2 saturated heterocycles. The van der Waals surface area contributed by atoms with E-state index in [1.807, 2.05) is 13.1 Å². The largest absolute Gasteiger partial charge is 0.468 e. The Bertz CT molecular complexity index is 565. The number of nitrogens with zero attached hydrogens (tertiary/aromatic N) is 3. The fourth-order valence-electron chi connectivity index (χ4n) is 4.33. The summed E-state index contributed by atoms with van der Waals surface area (Å²) in [4.78, 5) is 9.54. The third-order valence-corrected chi connectivity index (χ3v) is 5.98. The van der Waals surface area contributed by atoms with Crippen LogP contribution in [0.5, 0.6) is 0 Å². The van der Waals surface area contributed by atoms with Crippen molar-refractivity contribution >= 4 is 5.96 Å². The van der Waals surface area contributed by atoms with Gasteiger partial charge >= 0.3 is 0 Å². The Morgan fingerprint density at radius 1 is 1.19 bits per heavy atom. The monoisotopic (exact) mass is 375 g/mol. The Morgan fingerprint density at radius 3 is 2.63 bits per heavy atom. The smallest absolute Gasteiger partial charge is 0.191 e. The molecule has 3 rings (SSSR count). The number of likely N-dealkylation sites (tertiary alicyclic amines) is 2. The molecule has 0 saturated carbocycles. The summed E-state index contributed by atoms with van der Waals surface area (Å²) in [6, 6.07) is 4.98. The molecule has 27 heavy (non-hydrogen) atoms. The number of rotatable bonds is 7. The molecular weight excluding hydrogens is 338 g/mol. The normalized spacial score (nSPS) is 23.7. The van der Waals surface area contributed by atoms with E-state index in [0.29, 0.717) is 12.0 Å². The molecule has 6 heteroatoms. The summed E-state index contributed by atoms with van der Waals surface area (Å²) >= 11 is 0. The van der Waals surface area contributed by atoms with Gasteiger partial charge in [-0.2, -0.15) is 0 Å². The molecule has 0 bridgehead atoms. The average molecular weight is 376 g/mol. The molecule has 2 aliphatic heterocycles. The van der Waals surface area contributed by atoms with Crippen molar-refractivity contribution in [3.05, 3.63) is 24.2 Å². The summed E-state index contributed by atoms with van der Waals surface area (Å²) in [5.41, 5.74) is 0. The molecule has 2 atom stereocenters. The van der Waals surface area contributed by atoms with Crippen LogP contribution in [0.25, 0.3) is 0 Å². The zero-order valence-electron chi connectivity index (χ0n) is 17.3. The van der Waals surface area contributed by atoms with Crippen LogP contribution in [0, 0.1) is 5.92 Å². The van der Waals surface area contributed by atoms with Gasteiger partial charge in [0, 0.05) is 32.7 Å². The van der Waals surface area contributed by atoms with Gasteiger partial charge in [0.2, 0.25) is 0 Å². The first kappa shape index (κ1) is 20.2. The first-order valence-corrected chi connectivity index (χ1v) is 10.6. The van der Waals surface area contributed by atoms with Crippen molar-refractivity contribution in [2.75, 3.05) is 46.3 Å². The second kappa shape index (κ2) is 10.1. The van der Waals surface area contributed by atoms with Crippen LogP contribution >= 0.6 is 0 Å². The van der Waals surface area contributed by atoms with E-state index in [0.717, 1.165) is 37.9 Å². The number of hydrogen-bond donors (Lipinski definition) is 2. The fourth-order valence-corrected chi connectivity index (χ4v) is 4.33. The van der Waals surface area contributed by atoms with E-state index in [9.17, 15) is 0 Å². The Kier molecular flexibility index (Phi) is 7.59. The maximum atomic E-state index is 5.72. The van der Waals surface area contributed by atoms with E-state index in [1.165, 1.54) is 38.8 Å². The van der Waals surface area contributed by atoms with Gasteiger partial charge in [-0.05, 0) is 77.2 Å². The SMILES string of the molecule is CN=C(NCC1CCCN(C(C)C)C1)NCC(c1ccco1)N1CCCC1. The fraction of sp³-hybridized carbons (Fsp3) is 0.762. The summed E-state index contributed by atoms with van der Waals surface area (Å²) in [6.07, 6.45) is 6.92. The first-order chi connectivity index (χ1) is 13.2. The highest BCUT2D eigenvalue weighted by molar-refractivity contribution is 5.79. The van der Waals surface area contributed by atoms with Gasteiger partial charge in [0.1, 0.15) is 5.76 Å². The molecule has 0 amide bonds. The molecule has 0 radical (unpaired) electrons. The summed E-state index contributed by atoms with van der Waals surface area (Å²) < 4.78 is 5.72. The lowest BCUT2D eigenvalue weighted by Gasteiger charge is -2.35. The minimum Gasteiger partial charge on any atom is -0.468 e. The molecule has 2 aliphatic rings. The molecule has 0 spiro atoms. The summed E-state index contributed by atoms with van der Waals surface area (Å²) in [6.45, 7) is 11.1. The predicted molar refractivity (Wildman–Crippen MR) is 111 cm³/mol. The number of nitrogens with one attached hydrogen (secondary N) is 2. The molecule has 0 aromatic carbocycles. The highest BCUT2D eigenvalue weighted by atomic mass is 16.3. The second-order valence-electron chi connectivity index (χ2n) is 8.21. The Morgan fingerprint density at radius 2 is 1.96 bits per heavy atom. The zero-order valence-corrected chi connectivity index (χ0v) is 17.3. The molecule has 2 N–H and O–H groups in total. The van der Waals surface area contributed by atoms with Gasteiger partial charge in [-0.1, -0.05) is 0 Å². The molecule has 2 fully saturated rings. The van der Waals surface area contributed by atoms with Gasteiger partial charge in [0.15, 0.2) is 5.96 Å². The topological polar surface area (TPSA) is 56.0 Å². The van der Waals surface area contributed by atoms with Gasteiger partial charge in [0.05, 0.1) is 12.3 Å². The average Bonchev–Trinajstić information content (AvgIpc) is 3.39. The van der Waals surface area contributed by atoms with Crippen molar-refractivity contribution in [3.8, 4) is 0 Å². The van der Waals surface area contributed by atoms with E-state index in [1.54, 1.807) is 6.26 Å². The maximum Gasteiger partial charge on any atom is 0.191 e. The van der Waals surface area contributed by atoms with Crippen LogP contribution in [0.3, 0.4) is 0 Å². The molecule has 2 unspecified atom stereocenters. The molecule has 0 aliphatic carbocycles. The third-order valence-electron chi connectivity index (χ3n) is 5.98. The van der Waals surface area contributed by atoms with Crippen LogP contribution in [0.4, 0.5) is 0 Å². The Balaban J connectivity index is 1.49. The number of guanidine groups is 1. The molecule has 1 aromatic rings. The third kappa shape index (κ3) is 5.72. The highest BCUT2D eigenvalue weighted by Gasteiger charge is 2.26. The van der Waals surface area contributed by atoms with Gasteiger partial charge in [-0.25, -0.2) is 0 Å². The van der Waals surface area contributed by atoms with Gasteiger partial charge in [-0.15, -0.1) is 0 Å². The summed E-state index contributed by atoms with van der Waals surface area (Å²) in [7, 11) is 1.86. The quantitative estimate of drug-likeness (QED) is 0.567. The molecule has 152 valence electrons. The Hall–Kier alpha value is -1.53. The minimum atomic E-state index is 0.271. The van der Waals surface area contributed by atoms with Crippen molar-refractivity contribution < 1.29 is 4.42 Å². The van der Waals surface area contributed by atoms with Crippen LogP contribution in [0.1, 0.15) is 51.3 Å². The van der Waals surface area contributed by atoms with Crippen LogP contribution in [-0.2, 0) is 0 Å². The number of furan rings is 1. The molecular formula is C21H37N5O. The Labute approximate surface area is 164 Å². The van der Waals surface area contributed by atoms with E-state index in [-0.39, 0.29) is 6.04 Å². The van der Waals surface area contributed by atoms with Gasteiger partial charge < -0.3 is 20.0 Å². The van der Waals surface area contributed by atoms with Gasteiger partial charge in [0.25, 0.3) is 0 Å². The highest BCUT2D eigenvalue weighted by Crippen LogP contribution is 2.24. The van der Waals surface area contributed by atoms with Crippen LogP contribution in [0.15, 0.2) is 27.8 Å². The van der Waals surface area contributed by atoms with Crippen molar-refractivity contribution in [3.63, 3.8) is 0 Å². The van der Waals surface area contributed by atoms with E-state index < -0.39 is 0 Å². The summed E-state index contributed by atoms with van der Waals surface area (Å²) in [5.74, 6) is 2.63. The molecule has 6 nitrogen and oxygen atoms in total.